The van der Waals surface area contributed by atoms with Gasteiger partial charge in [-0.1, -0.05) is 56.7 Å². The Hall–Kier alpha value is -2.68. The zero-order valence-electron chi connectivity index (χ0n) is 24.6. The van der Waals surface area contributed by atoms with E-state index >= 15 is 0 Å². The third-order valence-corrected chi connectivity index (χ3v) is 9.64. The van der Waals surface area contributed by atoms with Gasteiger partial charge in [0.15, 0.2) is 0 Å². The summed E-state index contributed by atoms with van der Waals surface area (Å²) < 4.78 is 12.5. The average molecular weight is 587 g/mol. The molecule has 7 atom stereocenters. The first kappa shape index (κ1) is 31.3. The lowest BCUT2D eigenvalue weighted by atomic mass is 9.62. The summed E-state index contributed by atoms with van der Waals surface area (Å²) in [6, 6.07) is 5.28. The fraction of sp³-hybridized carbons (Fsp3) is 0.594. The van der Waals surface area contributed by atoms with Gasteiger partial charge in [-0.2, -0.15) is 0 Å². The van der Waals surface area contributed by atoms with E-state index < -0.39 is 41.1 Å². The maximum atomic E-state index is 14.7. The highest BCUT2D eigenvalue weighted by Crippen LogP contribution is 2.66. The molecule has 8 nitrogen and oxygen atoms in total. The van der Waals surface area contributed by atoms with Crippen LogP contribution in [0.5, 0.6) is 0 Å². The number of likely N-dealkylation sites (tertiary alicyclic amines) is 1. The predicted octanol–water partition coefficient (Wildman–Crippen LogP) is 4.79. The monoisotopic (exact) mass is 586 g/mol. The molecule has 3 saturated heterocycles. The molecule has 0 saturated carbocycles. The topological polar surface area (TPSA) is 96.4 Å². The number of benzene rings is 1. The number of rotatable bonds is 13. The van der Waals surface area contributed by atoms with Gasteiger partial charge in [0.05, 0.1) is 41.5 Å². The van der Waals surface area contributed by atoms with Crippen LogP contribution in [0.25, 0.3) is 0 Å². The van der Waals surface area contributed by atoms with E-state index in [1.807, 2.05) is 33.8 Å². The zero-order chi connectivity index (χ0) is 30.1. The van der Waals surface area contributed by atoms with E-state index in [-0.39, 0.29) is 43.4 Å². The number of hydrogen-bond acceptors (Lipinski definition) is 6. The van der Waals surface area contributed by atoms with Crippen LogP contribution in [0.3, 0.4) is 0 Å². The molecular formula is C32H43ClN2O6. The first-order chi connectivity index (χ1) is 19.5. The van der Waals surface area contributed by atoms with Crippen LogP contribution >= 0.6 is 11.6 Å². The van der Waals surface area contributed by atoms with Crippen LogP contribution in [-0.4, -0.2) is 70.8 Å². The third kappa shape index (κ3) is 5.12. The smallest absolute Gasteiger partial charge is 0.312 e. The Kier molecular flexibility index (Phi) is 9.36. The van der Waals surface area contributed by atoms with E-state index in [2.05, 4.69) is 13.2 Å². The number of fused-ring (bicyclic) bond motifs is 1. The number of esters is 1. The molecule has 1 spiro atoms. The van der Waals surface area contributed by atoms with Crippen LogP contribution in [0.2, 0.25) is 5.02 Å². The molecule has 2 bridgehead atoms. The van der Waals surface area contributed by atoms with Gasteiger partial charge in [0, 0.05) is 6.54 Å². The number of para-hydroxylation sites is 1. The van der Waals surface area contributed by atoms with Gasteiger partial charge >= 0.3 is 5.97 Å². The zero-order valence-corrected chi connectivity index (χ0v) is 25.3. The summed E-state index contributed by atoms with van der Waals surface area (Å²) >= 11 is 6.54. The molecule has 0 aromatic heterocycles. The van der Waals surface area contributed by atoms with Crippen molar-refractivity contribution < 1.29 is 29.0 Å². The van der Waals surface area contributed by atoms with Crippen molar-refractivity contribution in [1.82, 2.24) is 4.90 Å². The van der Waals surface area contributed by atoms with Crippen LogP contribution in [0.1, 0.15) is 53.4 Å². The van der Waals surface area contributed by atoms with Crippen molar-refractivity contribution in [1.29, 1.82) is 0 Å². The molecule has 1 N–H and O–H groups in total. The number of anilines is 1. The number of aliphatic hydroxyl groups excluding tert-OH is 1. The van der Waals surface area contributed by atoms with Gasteiger partial charge in [-0.15, -0.1) is 13.2 Å². The van der Waals surface area contributed by atoms with Gasteiger partial charge in [0.1, 0.15) is 17.6 Å². The van der Waals surface area contributed by atoms with E-state index in [9.17, 15) is 19.5 Å². The normalized spacial score (nSPS) is 30.8. The van der Waals surface area contributed by atoms with Crippen LogP contribution < -0.4 is 4.90 Å². The molecule has 3 heterocycles. The first-order valence-corrected chi connectivity index (χ1v) is 14.9. The SMILES string of the molecule is C=CCCCCOC(=O)[C@H]1[C@H]2C(=O)N([C@@H](CO)C(C)C)C(C(=O)N(CC=C)c3ccccc3Cl)C23CC(C)[C@]1(C)O3. The molecule has 41 heavy (non-hydrogen) atoms. The Morgan fingerprint density at radius 3 is 2.59 bits per heavy atom. The van der Waals surface area contributed by atoms with E-state index in [0.717, 1.165) is 12.8 Å². The van der Waals surface area contributed by atoms with Gasteiger partial charge in [-0.05, 0) is 56.6 Å². The van der Waals surface area contributed by atoms with Crippen molar-refractivity contribution in [3.05, 3.63) is 54.6 Å². The lowest BCUT2D eigenvalue weighted by Crippen LogP contribution is -2.60. The number of ether oxygens (including phenoxy) is 2. The number of carbonyl (C=O) groups is 3. The van der Waals surface area contributed by atoms with Crippen LogP contribution in [0.4, 0.5) is 5.69 Å². The molecule has 1 aromatic carbocycles. The number of allylic oxidation sites excluding steroid dienone is 1. The summed E-state index contributed by atoms with van der Waals surface area (Å²) in [6.07, 6.45) is 6.19. The van der Waals surface area contributed by atoms with Crippen LogP contribution in [0.15, 0.2) is 49.6 Å². The van der Waals surface area contributed by atoms with Gasteiger partial charge in [-0.25, -0.2) is 0 Å². The Labute approximate surface area is 248 Å². The maximum Gasteiger partial charge on any atom is 0.312 e. The van der Waals surface area contributed by atoms with Gasteiger partial charge < -0.3 is 24.4 Å². The van der Waals surface area contributed by atoms with E-state index in [4.69, 9.17) is 21.1 Å². The molecule has 4 rings (SSSR count). The van der Waals surface area contributed by atoms with Crippen molar-refractivity contribution in [3.8, 4) is 0 Å². The molecule has 3 unspecified atom stereocenters. The highest BCUT2D eigenvalue weighted by atomic mass is 35.5. The molecule has 2 amide bonds. The molecule has 3 aliphatic heterocycles. The molecule has 3 aliphatic rings. The second-order valence-corrected chi connectivity index (χ2v) is 12.5. The summed E-state index contributed by atoms with van der Waals surface area (Å²) in [5.41, 5.74) is -1.76. The fourth-order valence-electron chi connectivity index (χ4n) is 7.20. The Morgan fingerprint density at radius 1 is 1.27 bits per heavy atom. The minimum absolute atomic E-state index is 0.125. The largest absolute Gasteiger partial charge is 0.465 e. The lowest BCUT2D eigenvalue weighted by molar-refractivity contribution is -0.163. The van der Waals surface area contributed by atoms with Crippen molar-refractivity contribution in [2.45, 2.75) is 76.7 Å². The Balaban J connectivity index is 1.80. The quantitative estimate of drug-likeness (QED) is 0.203. The molecular weight excluding hydrogens is 544 g/mol. The van der Waals surface area contributed by atoms with Crippen molar-refractivity contribution in [2.24, 2.45) is 23.7 Å². The van der Waals surface area contributed by atoms with Crippen LogP contribution in [0, 0.1) is 23.7 Å². The number of amides is 2. The number of carbonyl (C=O) groups excluding carboxylic acids is 3. The summed E-state index contributed by atoms with van der Waals surface area (Å²) in [7, 11) is 0. The Morgan fingerprint density at radius 2 is 1.98 bits per heavy atom. The van der Waals surface area contributed by atoms with E-state index in [1.165, 1.54) is 9.80 Å². The highest BCUT2D eigenvalue weighted by molar-refractivity contribution is 6.34. The molecule has 3 fully saturated rings. The average Bonchev–Trinajstić information content (AvgIpc) is 3.44. The molecule has 1 aromatic rings. The predicted molar refractivity (Wildman–Crippen MR) is 158 cm³/mol. The van der Waals surface area contributed by atoms with Crippen LogP contribution in [-0.2, 0) is 23.9 Å². The minimum Gasteiger partial charge on any atom is -0.465 e. The fourth-order valence-corrected chi connectivity index (χ4v) is 7.44. The standard InChI is InChI=1S/C32H43ClN2O6/c1-7-9-10-13-17-40-30(39)26-25-28(37)35(24(19-36)20(3)4)27(32(25)18-21(5)31(26,6)41-32)29(38)34(16-8-2)23-15-12-11-14-22(23)33/h7-8,11-12,14-15,20-21,24-27,36H,1-2,9-10,13,16-19H2,3-6H3/t21?,24-,25-,26+,27?,31-,32?/m0/s1. The molecule has 0 radical (unpaired) electrons. The second-order valence-electron chi connectivity index (χ2n) is 12.1. The van der Waals surface area contributed by atoms with E-state index in [0.29, 0.717) is 23.6 Å². The highest BCUT2D eigenvalue weighted by Gasteiger charge is 2.81. The van der Waals surface area contributed by atoms with E-state index in [1.54, 1.807) is 30.3 Å². The van der Waals surface area contributed by atoms with Crippen molar-refractivity contribution >= 4 is 35.1 Å². The molecule has 224 valence electrons. The lowest BCUT2D eigenvalue weighted by Gasteiger charge is -2.40. The number of hydrogen-bond donors (Lipinski definition) is 1. The Bertz CT molecular complexity index is 1190. The number of aliphatic hydroxyl groups is 1. The minimum atomic E-state index is -1.27. The summed E-state index contributed by atoms with van der Waals surface area (Å²) in [5.74, 6) is -3.31. The van der Waals surface area contributed by atoms with Gasteiger partial charge in [0.25, 0.3) is 5.91 Å². The second kappa shape index (κ2) is 12.3. The van der Waals surface area contributed by atoms with Gasteiger partial charge in [0.2, 0.25) is 5.91 Å². The summed E-state index contributed by atoms with van der Waals surface area (Å²) in [4.78, 5) is 45.9. The number of halogens is 1. The number of unbranched alkanes of at least 4 members (excludes halogenated alkanes) is 2. The summed E-state index contributed by atoms with van der Waals surface area (Å²) in [6.45, 7) is 15.3. The number of nitrogens with zero attached hydrogens (tertiary/aromatic N) is 2. The third-order valence-electron chi connectivity index (χ3n) is 9.32. The van der Waals surface area contributed by atoms with Crippen molar-refractivity contribution in [2.75, 3.05) is 24.7 Å². The van der Waals surface area contributed by atoms with Gasteiger partial charge in [-0.3, -0.25) is 14.4 Å². The molecule has 9 heteroatoms. The summed E-state index contributed by atoms with van der Waals surface area (Å²) in [5, 5.41) is 10.9. The molecule has 0 aliphatic carbocycles. The maximum absolute atomic E-state index is 14.7. The first-order valence-electron chi connectivity index (χ1n) is 14.6. The van der Waals surface area contributed by atoms with Crippen molar-refractivity contribution in [3.63, 3.8) is 0 Å².